The van der Waals surface area contributed by atoms with E-state index in [-0.39, 0.29) is 37.4 Å². The van der Waals surface area contributed by atoms with Crippen molar-refractivity contribution in [1.29, 1.82) is 0 Å². The van der Waals surface area contributed by atoms with E-state index in [0.29, 0.717) is 4.90 Å². The van der Waals surface area contributed by atoms with E-state index >= 15 is 0 Å². The second kappa shape index (κ2) is 12.5. The van der Waals surface area contributed by atoms with E-state index in [9.17, 15) is 23.4 Å². The Balaban J connectivity index is 2.16. The Morgan fingerprint density at radius 1 is 1.24 bits per heavy atom. The van der Waals surface area contributed by atoms with Crippen LogP contribution in [0.4, 0.5) is 5.69 Å². The first-order valence-corrected chi connectivity index (χ1v) is 12.0. The van der Waals surface area contributed by atoms with Crippen molar-refractivity contribution < 1.29 is 32.9 Å². The molecule has 0 aromatic heterocycles. The lowest BCUT2D eigenvalue weighted by Crippen LogP contribution is -2.35. The zero-order valence-corrected chi connectivity index (χ0v) is 19.8. The van der Waals surface area contributed by atoms with E-state index in [1.165, 1.54) is 36.6 Å². The highest BCUT2D eigenvalue weighted by molar-refractivity contribution is 7.96. The first kappa shape index (κ1) is 26.5. The van der Waals surface area contributed by atoms with Gasteiger partial charge in [-0.1, -0.05) is 25.3 Å². The van der Waals surface area contributed by atoms with Crippen molar-refractivity contribution in [3.05, 3.63) is 49.1 Å². The lowest BCUT2D eigenvalue weighted by Gasteiger charge is -2.18. The lowest BCUT2D eigenvalue weighted by atomic mass is 9.90. The van der Waals surface area contributed by atoms with Crippen LogP contribution in [0, 0.1) is 11.8 Å². The van der Waals surface area contributed by atoms with E-state index in [1.807, 2.05) is 0 Å². The Bertz CT molecular complexity index is 979. The highest BCUT2D eigenvalue weighted by Gasteiger charge is 2.41. The second-order valence-corrected chi connectivity index (χ2v) is 9.02. The fraction of sp³-hybridized carbons (Fsp3) is 0.364. The third kappa shape index (κ3) is 7.11. The van der Waals surface area contributed by atoms with Crippen LogP contribution in [-0.2, 0) is 34.7 Å². The van der Waals surface area contributed by atoms with Gasteiger partial charge in [0.05, 0.1) is 33.0 Å². The van der Waals surface area contributed by atoms with Gasteiger partial charge in [0.25, 0.3) is 0 Å². The van der Waals surface area contributed by atoms with Gasteiger partial charge in [-0.2, -0.15) is 0 Å². The zero-order valence-electron chi connectivity index (χ0n) is 18.1. The molecule has 0 saturated carbocycles. The Morgan fingerprint density at radius 3 is 2.52 bits per heavy atom. The van der Waals surface area contributed by atoms with E-state index in [0.717, 1.165) is 0 Å². The van der Waals surface area contributed by atoms with Gasteiger partial charge in [-0.3, -0.25) is 18.6 Å². The molecular weight excluding hydrogens is 468 g/mol. The summed E-state index contributed by atoms with van der Waals surface area (Å²) >= 11 is 3.80. The van der Waals surface area contributed by atoms with Gasteiger partial charge < -0.3 is 20.1 Å². The number of hydrogen-bond acceptors (Lipinski definition) is 8. The standard InChI is InChI=1S/C22H26N2O7S2/c1-4-8-30-20(26)13-6-7-17(33(3)29)15(10-13)24-19(25)16-11-14(12-23-16)18(22(28)32)21(27)31-9-5-2/h4-7,10,14,16,18,23H,1-2,8-9,11-12H2,3H3,(H,24,25)(H,28,32)/t14-,16+,18?,33?/m1/s1. The number of benzene rings is 1. The molecule has 1 fully saturated rings. The highest BCUT2D eigenvalue weighted by atomic mass is 32.2. The third-order valence-electron chi connectivity index (χ3n) is 4.93. The SMILES string of the molecule is C=CCOC(=O)c1ccc(S(C)=O)c(NC(=O)[C@@H]2C[C@@H](C(C(=O)S)C(=O)OCC=C)CN2)c1. The normalized spacial score (nSPS) is 19.1. The van der Waals surface area contributed by atoms with Crippen molar-refractivity contribution in [3.63, 3.8) is 0 Å². The summed E-state index contributed by atoms with van der Waals surface area (Å²) < 4.78 is 22.1. The van der Waals surface area contributed by atoms with Crippen LogP contribution >= 0.6 is 12.6 Å². The lowest BCUT2D eigenvalue weighted by molar-refractivity contribution is -0.151. The van der Waals surface area contributed by atoms with Crippen LogP contribution in [0.2, 0.25) is 0 Å². The number of carbonyl (C=O) groups excluding carboxylic acids is 4. The molecule has 0 radical (unpaired) electrons. The number of thiol groups is 1. The van der Waals surface area contributed by atoms with Crippen molar-refractivity contribution >= 4 is 52.1 Å². The first-order chi connectivity index (χ1) is 15.7. The maximum absolute atomic E-state index is 12.9. The maximum atomic E-state index is 12.9. The maximum Gasteiger partial charge on any atom is 0.338 e. The van der Waals surface area contributed by atoms with Crippen LogP contribution in [0.5, 0.6) is 0 Å². The molecule has 4 atom stereocenters. The van der Waals surface area contributed by atoms with Crippen LogP contribution in [0.1, 0.15) is 16.8 Å². The van der Waals surface area contributed by atoms with E-state index < -0.39 is 51.6 Å². The molecule has 1 aliphatic heterocycles. The second-order valence-electron chi connectivity index (χ2n) is 7.23. The molecule has 1 aliphatic rings. The van der Waals surface area contributed by atoms with Gasteiger partial charge >= 0.3 is 11.9 Å². The minimum atomic E-state index is -1.44. The average molecular weight is 495 g/mol. The Kier molecular flexibility index (Phi) is 10.0. The molecule has 178 valence electrons. The molecule has 2 rings (SSSR count). The predicted molar refractivity (Wildman–Crippen MR) is 126 cm³/mol. The number of anilines is 1. The predicted octanol–water partition coefficient (Wildman–Crippen LogP) is 1.49. The van der Waals surface area contributed by atoms with E-state index in [4.69, 9.17) is 9.47 Å². The molecule has 2 unspecified atom stereocenters. The molecule has 1 heterocycles. The van der Waals surface area contributed by atoms with Crippen LogP contribution < -0.4 is 10.6 Å². The van der Waals surface area contributed by atoms with Crippen LogP contribution in [-0.4, -0.2) is 59.2 Å². The Labute approximate surface area is 199 Å². The summed E-state index contributed by atoms with van der Waals surface area (Å²) in [7, 11) is -1.44. The molecule has 1 saturated heterocycles. The van der Waals surface area contributed by atoms with Gasteiger partial charge in [0.15, 0.2) is 5.12 Å². The monoisotopic (exact) mass is 494 g/mol. The average Bonchev–Trinajstić information content (AvgIpc) is 3.25. The largest absolute Gasteiger partial charge is 0.461 e. The number of carbonyl (C=O) groups is 4. The van der Waals surface area contributed by atoms with Crippen LogP contribution in [0.25, 0.3) is 0 Å². The summed E-state index contributed by atoms with van der Waals surface area (Å²) in [5.41, 5.74) is 0.371. The van der Waals surface area contributed by atoms with Crippen LogP contribution in [0.15, 0.2) is 48.4 Å². The van der Waals surface area contributed by atoms with Crippen molar-refractivity contribution in [1.82, 2.24) is 5.32 Å². The molecule has 11 heteroatoms. The van der Waals surface area contributed by atoms with Gasteiger partial charge in [-0.25, -0.2) is 4.79 Å². The fourth-order valence-electron chi connectivity index (χ4n) is 3.39. The van der Waals surface area contributed by atoms with Crippen LogP contribution in [0.3, 0.4) is 0 Å². The van der Waals surface area contributed by atoms with E-state index in [2.05, 4.69) is 36.4 Å². The molecule has 0 aliphatic carbocycles. The molecule has 9 nitrogen and oxygen atoms in total. The highest BCUT2D eigenvalue weighted by Crippen LogP contribution is 2.28. The van der Waals surface area contributed by atoms with Gasteiger partial charge in [-0.05, 0) is 30.5 Å². The topological polar surface area (TPSA) is 128 Å². The summed E-state index contributed by atoms with van der Waals surface area (Å²) in [4.78, 5) is 49.5. The number of rotatable bonds is 11. The quantitative estimate of drug-likeness (QED) is 0.183. The zero-order chi connectivity index (χ0) is 24.5. The Hall–Kier alpha value is -2.76. The number of ether oxygens (including phenoxy) is 2. The van der Waals surface area contributed by atoms with Gasteiger partial charge in [0.1, 0.15) is 19.1 Å². The summed E-state index contributed by atoms with van der Waals surface area (Å²) in [6.45, 7) is 7.14. The van der Waals surface area contributed by atoms with Crippen molar-refractivity contribution in [2.45, 2.75) is 17.4 Å². The fourth-order valence-corrected chi connectivity index (χ4v) is 4.38. The van der Waals surface area contributed by atoms with Gasteiger partial charge in [0.2, 0.25) is 5.91 Å². The molecule has 33 heavy (non-hydrogen) atoms. The molecule has 1 aromatic carbocycles. The molecule has 1 amide bonds. The molecule has 2 N–H and O–H groups in total. The number of nitrogens with one attached hydrogen (secondary N) is 2. The van der Waals surface area contributed by atoms with Crippen molar-refractivity contribution in [2.24, 2.45) is 11.8 Å². The summed E-state index contributed by atoms with van der Waals surface area (Å²) in [5, 5.41) is 5.02. The minimum absolute atomic E-state index is 0.0234. The Morgan fingerprint density at radius 2 is 1.91 bits per heavy atom. The number of amides is 1. The smallest absolute Gasteiger partial charge is 0.338 e. The third-order valence-corrected chi connectivity index (χ3v) is 6.18. The molecule has 0 bridgehead atoms. The van der Waals surface area contributed by atoms with E-state index in [1.54, 1.807) is 0 Å². The van der Waals surface area contributed by atoms with Crippen molar-refractivity contribution in [2.75, 3.05) is 31.3 Å². The number of hydrogen-bond donors (Lipinski definition) is 3. The minimum Gasteiger partial charge on any atom is -0.461 e. The van der Waals surface area contributed by atoms with Crippen molar-refractivity contribution in [3.8, 4) is 0 Å². The van der Waals surface area contributed by atoms with Gasteiger partial charge in [-0.15, -0.1) is 12.6 Å². The number of esters is 2. The molecule has 0 spiro atoms. The molecular formula is C22H26N2O7S2. The van der Waals surface area contributed by atoms with Gasteiger partial charge in [0, 0.05) is 12.8 Å². The first-order valence-electron chi connectivity index (χ1n) is 9.99. The summed E-state index contributed by atoms with van der Waals surface area (Å²) in [6, 6.07) is 3.59. The molecule has 1 aromatic rings. The summed E-state index contributed by atoms with van der Waals surface area (Å²) in [5.74, 6) is -3.43. The summed E-state index contributed by atoms with van der Waals surface area (Å²) in [6.07, 6.45) is 4.44.